The lowest BCUT2D eigenvalue weighted by Crippen LogP contribution is -2.43. The van der Waals surface area contributed by atoms with Gasteiger partial charge in [0.25, 0.3) is 0 Å². The molecule has 1 aromatic heterocycles. The van der Waals surface area contributed by atoms with Crippen molar-refractivity contribution in [3.05, 3.63) is 48.3 Å². The number of hydrazone groups is 1. The standard InChI is InChI=1S/C17H14F5N3O2S/c1-28(26,27)13-6-12(8-23-9-13)10-3-2-4-11(5-10)14-7-15(25-24-14)16(18,19)17(20,21)22/h2-6,8-9,14,24H,7H2,1H3. The van der Waals surface area contributed by atoms with Crippen LogP contribution in [0.4, 0.5) is 22.0 Å². The van der Waals surface area contributed by atoms with E-state index in [1.165, 1.54) is 18.5 Å². The summed E-state index contributed by atoms with van der Waals surface area (Å²) in [5, 5.41) is 3.19. The number of alkyl halides is 5. The molecule has 1 N–H and O–H groups in total. The van der Waals surface area contributed by atoms with Crippen LogP contribution in [0, 0.1) is 0 Å². The predicted octanol–water partition coefficient (Wildman–Crippen LogP) is 3.74. The fourth-order valence-electron chi connectivity index (χ4n) is 2.71. The third-order valence-corrected chi connectivity index (χ3v) is 5.31. The molecule has 0 amide bonds. The third-order valence-electron chi connectivity index (χ3n) is 4.23. The summed E-state index contributed by atoms with van der Waals surface area (Å²) >= 11 is 0. The van der Waals surface area contributed by atoms with Gasteiger partial charge in [-0.05, 0) is 23.3 Å². The molecule has 1 unspecified atom stereocenters. The summed E-state index contributed by atoms with van der Waals surface area (Å²) in [4.78, 5) is 3.89. The minimum Gasteiger partial charge on any atom is -0.302 e. The zero-order valence-electron chi connectivity index (χ0n) is 14.3. The highest BCUT2D eigenvalue weighted by Crippen LogP contribution is 2.40. The Bertz CT molecular complexity index is 1040. The second-order valence-corrected chi connectivity index (χ2v) is 8.34. The first-order chi connectivity index (χ1) is 12.9. The molecule has 150 valence electrons. The van der Waals surface area contributed by atoms with Gasteiger partial charge in [-0.15, -0.1) is 0 Å². The maximum atomic E-state index is 13.5. The number of rotatable bonds is 4. The van der Waals surface area contributed by atoms with Gasteiger partial charge in [0.15, 0.2) is 9.84 Å². The van der Waals surface area contributed by atoms with Gasteiger partial charge in [-0.1, -0.05) is 18.2 Å². The molecule has 3 rings (SSSR count). The van der Waals surface area contributed by atoms with Gasteiger partial charge in [-0.2, -0.15) is 27.1 Å². The van der Waals surface area contributed by atoms with Crippen molar-refractivity contribution in [3.63, 3.8) is 0 Å². The first-order valence-electron chi connectivity index (χ1n) is 7.92. The lowest BCUT2D eigenvalue weighted by atomic mass is 9.96. The molecule has 0 saturated heterocycles. The van der Waals surface area contributed by atoms with Crippen LogP contribution < -0.4 is 5.43 Å². The van der Waals surface area contributed by atoms with E-state index in [0.717, 1.165) is 6.26 Å². The molecular weight excluding hydrogens is 405 g/mol. The van der Waals surface area contributed by atoms with E-state index < -0.39 is 40.1 Å². The highest BCUT2D eigenvalue weighted by molar-refractivity contribution is 7.90. The van der Waals surface area contributed by atoms with Crippen molar-refractivity contribution < 1.29 is 30.4 Å². The van der Waals surface area contributed by atoms with Crippen molar-refractivity contribution in [2.45, 2.75) is 29.5 Å². The number of hydrogen-bond donors (Lipinski definition) is 1. The first-order valence-corrected chi connectivity index (χ1v) is 9.81. The first kappa shape index (κ1) is 20.2. The molecule has 28 heavy (non-hydrogen) atoms. The molecular formula is C17H14F5N3O2S. The van der Waals surface area contributed by atoms with Crippen LogP contribution in [0.3, 0.4) is 0 Å². The number of nitrogens with zero attached hydrogens (tertiary/aromatic N) is 2. The lowest BCUT2D eigenvalue weighted by molar-refractivity contribution is -0.249. The molecule has 0 spiro atoms. The molecule has 0 aliphatic carbocycles. The Morgan fingerprint density at radius 1 is 1.07 bits per heavy atom. The largest absolute Gasteiger partial charge is 0.459 e. The molecule has 2 heterocycles. The van der Waals surface area contributed by atoms with E-state index in [2.05, 4.69) is 15.5 Å². The van der Waals surface area contributed by atoms with Crippen molar-refractivity contribution in [1.29, 1.82) is 0 Å². The SMILES string of the molecule is CS(=O)(=O)c1cncc(-c2cccc(C3CC(C(F)(F)C(F)(F)F)=NN3)c2)c1. The van der Waals surface area contributed by atoms with Crippen LogP contribution in [-0.2, 0) is 9.84 Å². The Morgan fingerprint density at radius 3 is 2.43 bits per heavy atom. The summed E-state index contributed by atoms with van der Waals surface area (Å²) in [6, 6.07) is 6.88. The van der Waals surface area contributed by atoms with Crippen LogP contribution >= 0.6 is 0 Å². The van der Waals surface area contributed by atoms with Gasteiger partial charge in [0.1, 0.15) is 5.71 Å². The van der Waals surface area contributed by atoms with E-state index in [4.69, 9.17) is 0 Å². The second kappa shape index (κ2) is 6.80. The van der Waals surface area contributed by atoms with E-state index in [-0.39, 0.29) is 4.90 Å². The van der Waals surface area contributed by atoms with Crippen molar-refractivity contribution in [2.24, 2.45) is 5.10 Å². The number of halogens is 5. The molecule has 1 aromatic carbocycles. The van der Waals surface area contributed by atoms with Gasteiger partial charge < -0.3 is 5.43 Å². The maximum absolute atomic E-state index is 13.5. The van der Waals surface area contributed by atoms with Crippen molar-refractivity contribution in [3.8, 4) is 11.1 Å². The fourth-order valence-corrected chi connectivity index (χ4v) is 3.30. The summed E-state index contributed by atoms with van der Waals surface area (Å²) in [5.41, 5.74) is 2.46. The monoisotopic (exact) mass is 419 g/mol. The van der Waals surface area contributed by atoms with Crippen molar-refractivity contribution >= 4 is 15.5 Å². The molecule has 0 radical (unpaired) electrons. The summed E-state index contributed by atoms with van der Waals surface area (Å²) in [5.74, 6) is -5.01. The predicted molar refractivity (Wildman–Crippen MR) is 91.7 cm³/mol. The minimum absolute atomic E-state index is 0.00448. The zero-order valence-corrected chi connectivity index (χ0v) is 15.2. The summed E-state index contributed by atoms with van der Waals surface area (Å²) < 4.78 is 87.8. The Morgan fingerprint density at radius 2 is 1.79 bits per heavy atom. The average Bonchev–Trinajstić information content (AvgIpc) is 3.11. The van der Waals surface area contributed by atoms with Crippen LogP contribution in [-0.4, -0.2) is 37.5 Å². The van der Waals surface area contributed by atoms with Gasteiger partial charge in [0.2, 0.25) is 0 Å². The Balaban J connectivity index is 1.86. The number of nitrogens with one attached hydrogen (secondary N) is 1. The fraction of sp³-hybridized carbons (Fsp3) is 0.294. The van der Waals surface area contributed by atoms with Crippen LogP contribution in [0.5, 0.6) is 0 Å². The van der Waals surface area contributed by atoms with Crippen LogP contribution in [0.25, 0.3) is 11.1 Å². The molecule has 1 atom stereocenters. The number of benzene rings is 1. The van der Waals surface area contributed by atoms with Crippen molar-refractivity contribution in [2.75, 3.05) is 6.26 Å². The van der Waals surface area contributed by atoms with Gasteiger partial charge in [-0.25, -0.2) is 8.42 Å². The maximum Gasteiger partial charge on any atom is 0.459 e. The summed E-state index contributed by atoms with van der Waals surface area (Å²) in [6.07, 6.45) is -2.68. The third kappa shape index (κ3) is 3.84. The van der Waals surface area contributed by atoms with Gasteiger partial charge in [0.05, 0.1) is 10.9 Å². The summed E-state index contributed by atoms with van der Waals surface area (Å²) in [7, 11) is -3.48. The molecule has 11 heteroatoms. The van der Waals surface area contributed by atoms with E-state index in [1.807, 2.05) is 0 Å². The van der Waals surface area contributed by atoms with Crippen LogP contribution in [0.15, 0.2) is 52.7 Å². The molecule has 0 bridgehead atoms. The van der Waals surface area contributed by atoms with Gasteiger partial charge in [0, 0.05) is 30.6 Å². The molecule has 0 fully saturated rings. The quantitative estimate of drug-likeness (QED) is 0.767. The molecule has 1 aliphatic heterocycles. The number of hydrogen-bond acceptors (Lipinski definition) is 5. The Labute approximate surface area is 157 Å². The Kier molecular flexibility index (Phi) is 4.90. The normalized spacial score (nSPS) is 17.9. The average molecular weight is 419 g/mol. The van der Waals surface area contributed by atoms with E-state index in [1.54, 1.807) is 24.3 Å². The van der Waals surface area contributed by atoms with Gasteiger partial charge in [-0.3, -0.25) is 4.98 Å². The minimum atomic E-state index is -5.72. The number of sulfone groups is 1. The number of pyridine rings is 1. The molecule has 5 nitrogen and oxygen atoms in total. The van der Waals surface area contributed by atoms with Crippen LogP contribution in [0.1, 0.15) is 18.0 Å². The van der Waals surface area contributed by atoms with Crippen LogP contribution in [0.2, 0.25) is 0 Å². The molecule has 1 aliphatic rings. The van der Waals surface area contributed by atoms with Gasteiger partial charge >= 0.3 is 12.1 Å². The highest BCUT2D eigenvalue weighted by atomic mass is 32.2. The van der Waals surface area contributed by atoms with E-state index in [0.29, 0.717) is 16.7 Å². The highest BCUT2D eigenvalue weighted by Gasteiger charge is 2.62. The van der Waals surface area contributed by atoms with E-state index in [9.17, 15) is 30.4 Å². The molecule has 0 saturated carbocycles. The lowest BCUT2D eigenvalue weighted by Gasteiger charge is -2.19. The van der Waals surface area contributed by atoms with E-state index >= 15 is 0 Å². The smallest absolute Gasteiger partial charge is 0.302 e. The van der Waals surface area contributed by atoms with Crippen molar-refractivity contribution in [1.82, 2.24) is 10.4 Å². The second-order valence-electron chi connectivity index (χ2n) is 6.32. The Hall–Kier alpha value is -2.56. The number of aromatic nitrogens is 1. The summed E-state index contributed by atoms with van der Waals surface area (Å²) in [6.45, 7) is 0. The molecule has 2 aromatic rings. The zero-order chi connectivity index (χ0) is 20.7. The topological polar surface area (TPSA) is 71.4 Å².